The lowest BCUT2D eigenvalue weighted by atomic mass is 10.1. The minimum atomic E-state index is 0. The van der Waals surface area contributed by atoms with Gasteiger partial charge in [0.05, 0.1) is 12.7 Å². The van der Waals surface area contributed by atoms with Crippen molar-refractivity contribution >= 4 is 41.7 Å². The number of halogens is 1. The van der Waals surface area contributed by atoms with E-state index in [-0.39, 0.29) is 24.0 Å². The smallest absolute Gasteiger partial charge is 0.191 e. The number of thioether (sulfide) groups is 1. The molecule has 28 heavy (non-hydrogen) atoms. The van der Waals surface area contributed by atoms with E-state index in [2.05, 4.69) is 46.1 Å². The molecule has 5 nitrogen and oxygen atoms in total. The number of benzene rings is 1. The molecular weight excluding hydrogens is 485 g/mol. The molecule has 2 aliphatic rings. The summed E-state index contributed by atoms with van der Waals surface area (Å²) >= 11 is 1.98. The van der Waals surface area contributed by atoms with Crippen LogP contribution in [0.4, 0.5) is 0 Å². The SMILES string of the molecule is CN=C(NCc1ccc(COC2CCOCC2)cc1)NC1CCC(SC)C1.I. The zero-order chi connectivity index (χ0) is 18.9. The monoisotopic (exact) mass is 519 g/mol. The van der Waals surface area contributed by atoms with Crippen LogP contribution in [-0.2, 0) is 22.6 Å². The van der Waals surface area contributed by atoms with Crippen LogP contribution in [0.2, 0.25) is 0 Å². The maximum Gasteiger partial charge on any atom is 0.191 e. The molecule has 1 aliphatic heterocycles. The Hall–Kier alpha value is -0.510. The van der Waals surface area contributed by atoms with Crippen LogP contribution < -0.4 is 10.6 Å². The van der Waals surface area contributed by atoms with E-state index in [1.807, 2.05) is 18.8 Å². The second kappa shape index (κ2) is 12.9. The Morgan fingerprint density at radius 1 is 1.14 bits per heavy atom. The van der Waals surface area contributed by atoms with Crippen molar-refractivity contribution in [3.05, 3.63) is 35.4 Å². The third kappa shape index (κ3) is 7.72. The topological polar surface area (TPSA) is 54.9 Å². The molecule has 1 heterocycles. The number of ether oxygens (including phenoxy) is 2. The van der Waals surface area contributed by atoms with E-state index in [1.165, 1.54) is 30.4 Å². The van der Waals surface area contributed by atoms with Gasteiger partial charge in [-0.1, -0.05) is 24.3 Å². The first-order valence-corrected chi connectivity index (χ1v) is 11.3. The van der Waals surface area contributed by atoms with Crippen molar-refractivity contribution in [3.63, 3.8) is 0 Å². The summed E-state index contributed by atoms with van der Waals surface area (Å²) in [7, 11) is 1.84. The Kier molecular flexibility index (Phi) is 11.0. The highest BCUT2D eigenvalue weighted by atomic mass is 127. The second-order valence-corrected chi connectivity index (χ2v) is 8.52. The van der Waals surface area contributed by atoms with Gasteiger partial charge in [0.1, 0.15) is 0 Å². The number of hydrogen-bond donors (Lipinski definition) is 2. The van der Waals surface area contributed by atoms with E-state index in [1.54, 1.807) is 0 Å². The van der Waals surface area contributed by atoms with Gasteiger partial charge in [-0.3, -0.25) is 4.99 Å². The van der Waals surface area contributed by atoms with Crippen LogP contribution in [0.3, 0.4) is 0 Å². The largest absolute Gasteiger partial charge is 0.381 e. The number of nitrogens with one attached hydrogen (secondary N) is 2. The number of guanidine groups is 1. The average molecular weight is 519 g/mol. The lowest BCUT2D eigenvalue weighted by molar-refractivity contribution is -0.0390. The fourth-order valence-electron chi connectivity index (χ4n) is 3.67. The molecule has 1 saturated carbocycles. The molecular formula is C21H34IN3O2S. The molecule has 2 unspecified atom stereocenters. The van der Waals surface area contributed by atoms with Crippen LogP contribution in [0.25, 0.3) is 0 Å². The van der Waals surface area contributed by atoms with Crippen molar-refractivity contribution < 1.29 is 9.47 Å². The summed E-state index contributed by atoms with van der Waals surface area (Å²) in [6.07, 6.45) is 8.32. The zero-order valence-corrected chi connectivity index (χ0v) is 20.1. The van der Waals surface area contributed by atoms with Gasteiger partial charge in [-0.25, -0.2) is 0 Å². The van der Waals surface area contributed by atoms with Gasteiger partial charge in [0.25, 0.3) is 0 Å². The standard InChI is InChI=1S/C21H33N3O2S.HI/c1-22-21(24-18-7-8-20(13-18)27-2)23-14-16-3-5-17(6-4-16)15-26-19-9-11-25-12-10-19;/h3-6,18-20H,7-15H2,1-2H3,(H2,22,23,24);1H. The summed E-state index contributed by atoms with van der Waals surface area (Å²) < 4.78 is 11.4. The molecule has 3 rings (SSSR count). The maximum atomic E-state index is 5.99. The van der Waals surface area contributed by atoms with Crippen molar-refractivity contribution in [3.8, 4) is 0 Å². The first kappa shape index (κ1) is 23.8. The van der Waals surface area contributed by atoms with Crippen LogP contribution >= 0.6 is 35.7 Å². The number of rotatable bonds is 7. The minimum absolute atomic E-state index is 0. The molecule has 0 aromatic heterocycles. The number of aliphatic imine (C=N–C) groups is 1. The highest BCUT2D eigenvalue weighted by Gasteiger charge is 2.24. The first-order chi connectivity index (χ1) is 13.3. The number of nitrogens with zero attached hydrogens (tertiary/aromatic N) is 1. The fourth-order valence-corrected chi connectivity index (χ4v) is 4.47. The molecule has 1 aliphatic carbocycles. The van der Waals surface area contributed by atoms with Gasteiger partial charge in [0.15, 0.2) is 5.96 Å². The van der Waals surface area contributed by atoms with E-state index in [4.69, 9.17) is 9.47 Å². The normalized spacial score (nSPS) is 23.3. The lowest BCUT2D eigenvalue weighted by Gasteiger charge is -2.22. The fraction of sp³-hybridized carbons (Fsp3) is 0.667. The quantitative estimate of drug-likeness (QED) is 0.325. The van der Waals surface area contributed by atoms with Gasteiger partial charge in [-0.05, 0) is 49.5 Å². The van der Waals surface area contributed by atoms with Crippen molar-refractivity contribution in [1.82, 2.24) is 10.6 Å². The Morgan fingerprint density at radius 2 is 1.86 bits per heavy atom. The molecule has 2 fully saturated rings. The van der Waals surface area contributed by atoms with Crippen molar-refractivity contribution in [2.45, 2.75) is 62.7 Å². The van der Waals surface area contributed by atoms with E-state index in [0.29, 0.717) is 18.8 Å². The number of hydrogen-bond acceptors (Lipinski definition) is 4. The van der Waals surface area contributed by atoms with Gasteiger partial charge < -0.3 is 20.1 Å². The molecule has 0 bridgehead atoms. The van der Waals surface area contributed by atoms with Crippen molar-refractivity contribution in [2.75, 3.05) is 26.5 Å². The van der Waals surface area contributed by atoms with E-state index in [9.17, 15) is 0 Å². The van der Waals surface area contributed by atoms with Crippen LogP contribution in [0, 0.1) is 0 Å². The summed E-state index contributed by atoms with van der Waals surface area (Å²) in [5, 5.41) is 7.79. The first-order valence-electron chi connectivity index (χ1n) is 10.0. The Bertz CT molecular complexity index is 594. The molecule has 2 N–H and O–H groups in total. The van der Waals surface area contributed by atoms with Crippen LogP contribution in [-0.4, -0.2) is 49.9 Å². The van der Waals surface area contributed by atoms with Gasteiger partial charge in [0.2, 0.25) is 0 Å². The third-order valence-corrected chi connectivity index (χ3v) is 6.51. The predicted octanol–water partition coefficient (Wildman–Crippen LogP) is 3.95. The summed E-state index contributed by atoms with van der Waals surface area (Å²) in [5.41, 5.74) is 2.47. The van der Waals surface area contributed by atoms with Crippen molar-refractivity contribution in [2.24, 2.45) is 4.99 Å². The second-order valence-electron chi connectivity index (χ2n) is 7.38. The Morgan fingerprint density at radius 3 is 2.50 bits per heavy atom. The highest BCUT2D eigenvalue weighted by Crippen LogP contribution is 2.28. The van der Waals surface area contributed by atoms with Crippen molar-refractivity contribution in [1.29, 1.82) is 0 Å². The predicted molar refractivity (Wildman–Crippen MR) is 129 cm³/mol. The van der Waals surface area contributed by atoms with E-state index >= 15 is 0 Å². The highest BCUT2D eigenvalue weighted by molar-refractivity contribution is 14.0. The Labute approximate surface area is 190 Å². The Balaban J connectivity index is 0.00000280. The molecule has 2 atom stereocenters. The van der Waals surface area contributed by atoms with Gasteiger partial charge in [-0.15, -0.1) is 24.0 Å². The molecule has 7 heteroatoms. The van der Waals surface area contributed by atoms with E-state index < -0.39 is 0 Å². The molecule has 1 aromatic carbocycles. The molecule has 158 valence electrons. The van der Waals surface area contributed by atoms with Gasteiger partial charge in [-0.2, -0.15) is 11.8 Å². The van der Waals surface area contributed by atoms with E-state index in [0.717, 1.165) is 43.8 Å². The summed E-state index contributed by atoms with van der Waals surface area (Å²) in [6.45, 7) is 3.10. The van der Waals surface area contributed by atoms with Crippen LogP contribution in [0.1, 0.15) is 43.2 Å². The zero-order valence-electron chi connectivity index (χ0n) is 17.0. The van der Waals surface area contributed by atoms with Crippen LogP contribution in [0.15, 0.2) is 29.3 Å². The molecule has 0 amide bonds. The lowest BCUT2D eigenvalue weighted by Crippen LogP contribution is -2.42. The summed E-state index contributed by atoms with van der Waals surface area (Å²) in [6, 6.07) is 9.20. The average Bonchev–Trinajstić information content (AvgIpc) is 3.19. The van der Waals surface area contributed by atoms with Crippen LogP contribution in [0.5, 0.6) is 0 Å². The summed E-state index contributed by atoms with van der Waals surface area (Å²) in [4.78, 5) is 4.37. The summed E-state index contributed by atoms with van der Waals surface area (Å²) in [5.74, 6) is 0.897. The molecule has 0 spiro atoms. The van der Waals surface area contributed by atoms with Gasteiger partial charge >= 0.3 is 0 Å². The molecule has 1 aromatic rings. The maximum absolute atomic E-state index is 5.99. The minimum Gasteiger partial charge on any atom is -0.381 e. The molecule has 0 radical (unpaired) electrons. The van der Waals surface area contributed by atoms with Gasteiger partial charge in [0, 0.05) is 38.1 Å². The third-order valence-electron chi connectivity index (χ3n) is 5.42. The molecule has 1 saturated heterocycles.